The molecule has 1 aromatic carbocycles. The Kier molecular flexibility index (Phi) is 5.86. The quantitative estimate of drug-likeness (QED) is 0.826. The molecule has 2 unspecified atom stereocenters. The molecule has 1 aliphatic heterocycles. The molecule has 0 amide bonds. The summed E-state index contributed by atoms with van der Waals surface area (Å²) >= 11 is 0. The van der Waals surface area contributed by atoms with Gasteiger partial charge in [-0.05, 0) is 43.5 Å². The Hall–Kier alpha value is -1.06. The lowest BCUT2D eigenvalue weighted by molar-refractivity contribution is 0.116. The molecule has 0 spiro atoms. The first kappa shape index (κ1) is 15.3. The monoisotopic (exact) mass is 276 g/mol. The molecule has 1 aromatic rings. The molecule has 0 saturated carbocycles. The predicted octanol–water partition coefficient (Wildman–Crippen LogP) is 3.36. The van der Waals surface area contributed by atoms with Crippen molar-refractivity contribution in [1.82, 2.24) is 5.32 Å². The van der Waals surface area contributed by atoms with Gasteiger partial charge in [0, 0.05) is 31.9 Å². The minimum Gasteiger partial charge on any atom is -0.376 e. The van der Waals surface area contributed by atoms with Crippen molar-refractivity contribution < 1.29 is 4.74 Å². The van der Waals surface area contributed by atoms with Crippen molar-refractivity contribution in [2.45, 2.75) is 45.3 Å². The zero-order valence-corrected chi connectivity index (χ0v) is 13.1. The van der Waals surface area contributed by atoms with Crippen molar-refractivity contribution in [1.29, 1.82) is 0 Å². The van der Waals surface area contributed by atoms with Gasteiger partial charge in [-0.1, -0.05) is 26.0 Å². The molecule has 1 N–H and O–H groups in total. The molecule has 0 radical (unpaired) electrons. The number of rotatable bonds is 7. The van der Waals surface area contributed by atoms with Gasteiger partial charge in [0.25, 0.3) is 0 Å². The summed E-state index contributed by atoms with van der Waals surface area (Å²) in [4.78, 5) is 2.30. The Morgan fingerprint density at radius 2 is 2.05 bits per heavy atom. The van der Waals surface area contributed by atoms with Crippen LogP contribution in [0.4, 0.5) is 5.69 Å². The maximum absolute atomic E-state index is 5.70. The van der Waals surface area contributed by atoms with Crippen LogP contribution in [0.25, 0.3) is 0 Å². The maximum Gasteiger partial charge on any atom is 0.0750 e. The molecule has 112 valence electrons. The largest absolute Gasteiger partial charge is 0.376 e. The van der Waals surface area contributed by atoms with Crippen molar-refractivity contribution >= 4 is 5.69 Å². The van der Waals surface area contributed by atoms with Gasteiger partial charge in [0.05, 0.1) is 6.10 Å². The average Bonchev–Trinajstić information content (AvgIpc) is 2.98. The van der Waals surface area contributed by atoms with E-state index in [1.165, 1.54) is 24.1 Å². The van der Waals surface area contributed by atoms with Gasteiger partial charge < -0.3 is 15.0 Å². The van der Waals surface area contributed by atoms with Crippen LogP contribution in [0.15, 0.2) is 24.3 Å². The van der Waals surface area contributed by atoms with Crippen molar-refractivity contribution in [3.63, 3.8) is 0 Å². The summed E-state index contributed by atoms with van der Waals surface area (Å²) in [6.45, 7) is 7.32. The van der Waals surface area contributed by atoms with E-state index in [1.54, 1.807) is 0 Å². The number of nitrogens with one attached hydrogen (secondary N) is 1. The molecule has 1 aliphatic rings. The van der Waals surface area contributed by atoms with E-state index in [0.717, 1.165) is 26.1 Å². The Morgan fingerprint density at radius 1 is 1.30 bits per heavy atom. The summed E-state index contributed by atoms with van der Waals surface area (Å²) in [7, 11) is 2.15. The van der Waals surface area contributed by atoms with Gasteiger partial charge >= 0.3 is 0 Å². The van der Waals surface area contributed by atoms with Gasteiger partial charge in [-0.25, -0.2) is 0 Å². The minimum atomic E-state index is 0.407. The standard InChI is InChI=1S/C17H28N2O/c1-4-17(18-5-2)14-8-10-15(11-9-14)19(3)13-16-7-6-12-20-16/h8-11,16-18H,4-7,12-13H2,1-3H3. The summed E-state index contributed by atoms with van der Waals surface area (Å²) in [6.07, 6.45) is 3.93. The Balaban J connectivity index is 1.95. The molecule has 3 heteroatoms. The molecule has 0 aliphatic carbocycles. The van der Waals surface area contributed by atoms with Crippen LogP contribution in [0, 0.1) is 0 Å². The van der Waals surface area contributed by atoms with Crippen LogP contribution < -0.4 is 10.2 Å². The summed E-state index contributed by atoms with van der Waals surface area (Å²) in [5, 5.41) is 3.52. The molecule has 1 saturated heterocycles. The van der Waals surface area contributed by atoms with E-state index in [0.29, 0.717) is 12.1 Å². The number of hydrogen-bond donors (Lipinski definition) is 1. The highest BCUT2D eigenvalue weighted by atomic mass is 16.5. The minimum absolute atomic E-state index is 0.407. The lowest BCUT2D eigenvalue weighted by Crippen LogP contribution is -2.28. The van der Waals surface area contributed by atoms with E-state index in [-0.39, 0.29) is 0 Å². The van der Waals surface area contributed by atoms with Crippen LogP contribution in [0.3, 0.4) is 0 Å². The highest BCUT2D eigenvalue weighted by Crippen LogP contribution is 2.22. The highest BCUT2D eigenvalue weighted by molar-refractivity contribution is 5.47. The van der Waals surface area contributed by atoms with E-state index < -0.39 is 0 Å². The number of likely N-dealkylation sites (N-methyl/N-ethyl adjacent to an activating group) is 1. The van der Waals surface area contributed by atoms with Crippen molar-refractivity contribution in [2.75, 3.05) is 31.6 Å². The molecule has 0 aromatic heterocycles. The van der Waals surface area contributed by atoms with Gasteiger partial charge in [0.1, 0.15) is 0 Å². The fourth-order valence-electron chi connectivity index (χ4n) is 2.90. The van der Waals surface area contributed by atoms with Crippen LogP contribution in [-0.2, 0) is 4.74 Å². The molecular weight excluding hydrogens is 248 g/mol. The number of nitrogens with zero attached hydrogens (tertiary/aromatic N) is 1. The van der Waals surface area contributed by atoms with Crippen LogP contribution in [-0.4, -0.2) is 32.8 Å². The fraction of sp³-hybridized carbons (Fsp3) is 0.647. The van der Waals surface area contributed by atoms with Gasteiger partial charge in [-0.15, -0.1) is 0 Å². The maximum atomic E-state index is 5.70. The third-order valence-electron chi connectivity index (χ3n) is 4.10. The zero-order valence-electron chi connectivity index (χ0n) is 13.1. The molecule has 3 nitrogen and oxygen atoms in total. The number of hydrogen-bond acceptors (Lipinski definition) is 3. The first-order valence-corrected chi connectivity index (χ1v) is 7.90. The number of anilines is 1. The number of benzene rings is 1. The SMILES string of the molecule is CCNC(CC)c1ccc(N(C)CC2CCCO2)cc1. The molecule has 2 rings (SSSR count). The van der Waals surface area contributed by atoms with E-state index >= 15 is 0 Å². The molecule has 1 fully saturated rings. The second-order valence-corrected chi connectivity index (χ2v) is 5.63. The molecule has 1 heterocycles. The molecular formula is C17H28N2O. The summed E-state index contributed by atoms with van der Waals surface area (Å²) < 4.78 is 5.70. The van der Waals surface area contributed by atoms with Crippen molar-refractivity contribution in [3.05, 3.63) is 29.8 Å². The average molecular weight is 276 g/mol. The lowest BCUT2D eigenvalue weighted by Gasteiger charge is -2.24. The number of ether oxygens (including phenoxy) is 1. The summed E-state index contributed by atoms with van der Waals surface area (Å²) in [5.41, 5.74) is 2.65. The van der Waals surface area contributed by atoms with Crippen LogP contribution in [0.5, 0.6) is 0 Å². The summed E-state index contributed by atoms with van der Waals surface area (Å²) in [6, 6.07) is 9.42. The van der Waals surface area contributed by atoms with Crippen molar-refractivity contribution in [3.8, 4) is 0 Å². The lowest BCUT2D eigenvalue weighted by atomic mass is 10.0. The Bertz CT molecular complexity index is 384. The normalized spacial score (nSPS) is 20.1. The van der Waals surface area contributed by atoms with Gasteiger partial charge in [0.15, 0.2) is 0 Å². The second kappa shape index (κ2) is 7.65. The van der Waals surface area contributed by atoms with E-state index in [2.05, 4.69) is 55.4 Å². The van der Waals surface area contributed by atoms with Crippen LogP contribution in [0.1, 0.15) is 44.7 Å². The van der Waals surface area contributed by atoms with Crippen LogP contribution >= 0.6 is 0 Å². The topological polar surface area (TPSA) is 24.5 Å². The van der Waals surface area contributed by atoms with Crippen LogP contribution in [0.2, 0.25) is 0 Å². The smallest absolute Gasteiger partial charge is 0.0750 e. The highest BCUT2D eigenvalue weighted by Gasteiger charge is 2.17. The van der Waals surface area contributed by atoms with E-state index in [1.807, 2.05) is 0 Å². The first-order chi connectivity index (χ1) is 9.74. The third-order valence-corrected chi connectivity index (χ3v) is 4.10. The zero-order chi connectivity index (χ0) is 14.4. The fourth-order valence-corrected chi connectivity index (χ4v) is 2.90. The van der Waals surface area contributed by atoms with E-state index in [9.17, 15) is 0 Å². The molecule has 2 atom stereocenters. The predicted molar refractivity (Wildman–Crippen MR) is 85.4 cm³/mol. The molecule has 0 bridgehead atoms. The second-order valence-electron chi connectivity index (χ2n) is 5.63. The van der Waals surface area contributed by atoms with Crippen molar-refractivity contribution in [2.24, 2.45) is 0 Å². The van der Waals surface area contributed by atoms with E-state index in [4.69, 9.17) is 4.74 Å². The third kappa shape index (κ3) is 3.97. The first-order valence-electron chi connectivity index (χ1n) is 7.90. The van der Waals surface area contributed by atoms with Gasteiger partial charge in [0.2, 0.25) is 0 Å². The summed E-state index contributed by atoms with van der Waals surface area (Å²) in [5.74, 6) is 0. The molecule has 20 heavy (non-hydrogen) atoms. The van der Waals surface area contributed by atoms with Gasteiger partial charge in [-0.2, -0.15) is 0 Å². The van der Waals surface area contributed by atoms with Gasteiger partial charge in [-0.3, -0.25) is 0 Å². The Labute approximate surface area is 123 Å². The Morgan fingerprint density at radius 3 is 2.60 bits per heavy atom.